The molecule has 0 spiro atoms. The van der Waals surface area contributed by atoms with Crippen LogP contribution in [0, 0.1) is 11.8 Å². The molecule has 19 heavy (non-hydrogen) atoms. The number of halogens is 1. The van der Waals surface area contributed by atoms with Crippen molar-refractivity contribution in [3.8, 4) is 5.75 Å². The van der Waals surface area contributed by atoms with Crippen LogP contribution in [0.25, 0.3) is 0 Å². The maximum Gasteiger partial charge on any atom is 0.118 e. The Kier molecular flexibility index (Phi) is 5.08. The lowest BCUT2D eigenvalue weighted by atomic mass is 10.0. The highest BCUT2D eigenvalue weighted by atomic mass is 35.5. The summed E-state index contributed by atoms with van der Waals surface area (Å²) in [5.41, 5.74) is 1.41. The van der Waals surface area contributed by atoms with Crippen molar-refractivity contribution in [3.05, 3.63) is 29.8 Å². The van der Waals surface area contributed by atoms with Gasteiger partial charge in [0.05, 0.1) is 7.11 Å². The van der Waals surface area contributed by atoms with Gasteiger partial charge in [-0.05, 0) is 49.0 Å². The summed E-state index contributed by atoms with van der Waals surface area (Å²) in [6, 6.07) is 8.46. The average molecular weight is 283 g/mol. The maximum atomic E-state index is 5.18. The monoisotopic (exact) mass is 282 g/mol. The van der Waals surface area contributed by atoms with Gasteiger partial charge in [0, 0.05) is 19.6 Å². The predicted molar refractivity (Wildman–Crippen MR) is 80.2 cm³/mol. The first-order valence-electron chi connectivity index (χ1n) is 6.91. The SMILES string of the molecule is COc1ccc(CCN2C[C@H]3CNC[C@H]3C2)cc1.Cl. The fraction of sp³-hybridized carbons (Fsp3) is 0.600. The molecular formula is C15H23ClN2O. The van der Waals surface area contributed by atoms with Gasteiger partial charge in [-0.2, -0.15) is 0 Å². The van der Waals surface area contributed by atoms with E-state index in [1.165, 1.54) is 38.3 Å². The number of benzene rings is 1. The molecule has 2 aliphatic heterocycles. The number of nitrogens with zero attached hydrogens (tertiary/aromatic N) is 1. The Balaban J connectivity index is 0.00000133. The van der Waals surface area contributed by atoms with Gasteiger partial charge in [-0.1, -0.05) is 12.1 Å². The van der Waals surface area contributed by atoms with Crippen LogP contribution in [0.5, 0.6) is 5.75 Å². The number of rotatable bonds is 4. The molecule has 0 radical (unpaired) electrons. The second-order valence-corrected chi connectivity index (χ2v) is 5.54. The van der Waals surface area contributed by atoms with Crippen molar-refractivity contribution >= 4 is 12.4 Å². The second-order valence-electron chi connectivity index (χ2n) is 5.54. The molecule has 2 heterocycles. The minimum Gasteiger partial charge on any atom is -0.497 e. The molecule has 2 aliphatic rings. The van der Waals surface area contributed by atoms with Crippen LogP contribution in [0.1, 0.15) is 5.56 Å². The van der Waals surface area contributed by atoms with Crippen LogP contribution in [0.3, 0.4) is 0 Å². The Morgan fingerprint density at radius 3 is 2.37 bits per heavy atom. The molecule has 0 aliphatic carbocycles. The van der Waals surface area contributed by atoms with Gasteiger partial charge in [0.1, 0.15) is 5.75 Å². The fourth-order valence-electron chi connectivity index (χ4n) is 3.21. The van der Waals surface area contributed by atoms with Gasteiger partial charge in [-0.3, -0.25) is 0 Å². The molecule has 1 N–H and O–H groups in total. The van der Waals surface area contributed by atoms with E-state index in [4.69, 9.17) is 4.74 Å². The van der Waals surface area contributed by atoms with Crippen molar-refractivity contribution in [2.75, 3.05) is 39.8 Å². The van der Waals surface area contributed by atoms with Gasteiger partial charge in [0.2, 0.25) is 0 Å². The lowest BCUT2D eigenvalue weighted by Gasteiger charge is -2.16. The molecule has 2 saturated heterocycles. The van der Waals surface area contributed by atoms with E-state index in [0.717, 1.165) is 24.0 Å². The number of ether oxygens (including phenoxy) is 1. The van der Waals surface area contributed by atoms with E-state index in [0.29, 0.717) is 0 Å². The molecule has 1 aromatic carbocycles. The number of nitrogens with one attached hydrogen (secondary N) is 1. The first kappa shape index (κ1) is 14.6. The number of likely N-dealkylation sites (tertiary alicyclic amines) is 1. The van der Waals surface area contributed by atoms with Gasteiger partial charge in [0.15, 0.2) is 0 Å². The largest absolute Gasteiger partial charge is 0.497 e. The number of methoxy groups -OCH3 is 1. The molecule has 2 atom stereocenters. The van der Waals surface area contributed by atoms with E-state index >= 15 is 0 Å². The van der Waals surface area contributed by atoms with Gasteiger partial charge >= 0.3 is 0 Å². The van der Waals surface area contributed by atoms with Crippen LogP contribution < -0.4 is 10.1 Å². The van der Waals surface area contributed by atoms with Crippen molar-refractivity contribution < 1.29 is 4.74 Å². The molecule has 0 bridgehead atoms. The minimum absolute atomic E-state index is 0. The molecule has 3 nitrogen and oxygen atoms in total. The highest BCUT2D eigenvalue weighted by Crippen LogP contribution is 2.26. The summed E-state index contributed by atoms with van der Waals surface area (Å²) in [5, 5.41) is 3.49. The van der Waals surface area contributed by atoms with Gasteiger partial charge in [-0.15, -0.1) is 12.4 Å². The summed E-state index contributed by atoms with van der Waals surface area (Å²) in [6.45, 7) is 6.22. The van der Waals surface area contributed by atoms with E-state index in [1.807, 2.05) is 0 Å². The third kappa shape index (κ3) is 3.41. The molecule has 0 unspecified atom stereocenters. The van der Waals surface area contributed by atoms with E-state index in [1.54, 1.807) is 7.11 Å². The number of hydrogen-bond acceptors (Lipinski definition) is 3. The molecule has 1 aromatic rings. The standard InChI is InChI=1S/C15H22N2O.ClH/c1-18-15-4-2-12(3-5-15)6-7-17-10-13-8-16-9-14(13)11-17;/h2-5,13-14,16H,6-11H2,1H3;1H/t13-,14+;. The van der Waals surface area contributed by atoms with E-state index in [9.17, 15) is 0 Å². The summed E-state index contributed by atoms with van der Waals surface area (Å²) in [4.78, 5) is 2.63. The fourth-order valence-corrected chi connectivity index (χ4v) is 3.21. The Morgan fingerprint density at radius 2 is 1.79 bits per heavy atom. The van der Waals surface area contributed by atoms with Gasteiger partial charge in [0.25, 0.3) is 0 Å². The summed E-state index contributed by atoms with van der Waals surface area (Å²) in [6.07, 6.45) is 1.15. The molecule has 106 valence electrons. The van der Waals surface area contributed by atoms with Crippen LogP contribution in [0.2, 0.25) is 0 Å². The van der Waals surface area contributed by atoms with E-state index < -0.39 is 0 Å². The van der Waals surface area contributed by atoms with E-state index in [2.05, 4.69) is 34.5 Å². The molecule has 0 aromatic heterocycles. The van der Waals surface area contributed by atoms with Crippen LogP contribution in [-0.2, 0) is 6.42 Å². The highest BCUT2D eigenvalue weighted by Gasteiger charge is 2.35. The summed E-state index contributed by atoms with van der Waals surface area (Å²) in [7, 11) is 1.71. The Labute approximate surface area is 121 Å². The normalized spacial score (nSPS) is 25.9. The van der Waals surface area contributed by atoms with Crippen LogP contribution in [0.15, 0.2) is 24.3 Å². The zero-order valence-corrected chi connectivity index (χ0v) is 12.3. The quantitative estimate of drug-likeness (QED) is 0.912. The molecule has 0 saturated carbocycles. The summed E-state index contributed by atoms with van der Waals surface area (Å²) >= 11 is 0. The van der Waals surface area contributed by atoms with Crippen molar-refractivity contribution in [2.24, 2.45) is 11.8 Å². The molecule has 3 rings (SSSR count). The summed E-state index contributed by atoms with van der Waals surface area (Å²) in [5.74, 6) is 2.75. The smallest absolute Gasteiger partial charge is 0.118 e. The third-order valence-corrected chi connectivity index (χ3v) is 4.34. The first-order valence-corrected chi connectivity index (χ1v) is 6.91. The molecule has 0 amide bonds. The molecular weight excluding hydrogens is 260 g/mol. The topological polar surface area (TPSA) is 24.5 Å². The van der Waals surface area contributed by atoms with Crippen LogP contribution in [-0.4, -0.2) is 44.7 Å². The first-order chi connectivity index (χ1) is 8.85. The Hall–Kier alpha value is -0.770. The average Bonchev–Trinajstić information content (AvgIpc) is 2.97. The molecule has 4 heteroatoms. The lowest BCUT2D eigenvalue weighted by molar-refractivity contribution is 0.317. The Morgan fingerprint density at radius 1 is 1.16 bits per heavy atom. The van der Waals surface area contributed by atoms with Crippen molar-refractivity contribution in [3.63, 3.8) is 0 Å². The lowest BCUT2D eigenvalue weighted by Crippen LogP contribution is -2.27. The van der Waals surface area contributed by atoms with Crippen molar-refractivity contribution in [1.82, 2.24) is 10.2 Å². The van der Waals surface area contributed by atoms with Crippen molar-refractivity contribution in [1.29, 1.82) is 0 Å². The van der Waals surface area contributed by atoms with Crippen LogP contribution in [0.4, 0.5) is 0 Å². The Bertz CT molecular complexity index is 384. The number of hydrogen-bond donors (Lipinski definition) is 1. The van der Waals surface area contributed by atoms with Crippen LogP contribution >= 0.6 is 12.4 Å². The minimum atomic E-state index is 0. The number of fused-ring (bicyclic) bond motifs is 1. The maximum absolute atomic E-state index is 5.18. The van der Waals surface area contributed by atoms with Gasteiger partial charge in [-0.25, -0.2) is 0 Å². The van der Waals surface area contributed by atoms with Crippen molar-refractivity contribution in [2.45, 2.75) is 6.42 Å². The highest BCUT2D eigenvalue weighted by molar-refractivity contribution is 5.85. The second kappa shape index (κ2) is 6.60. The molecule has 2 fully saturated rings. The summed E-state index contributed by atoms with van der Waals surface area (Å²) < 4.78 is 5.18. The van der Waals surface area contributed by atoms with Gasteiger partial charge < -0.3 is 15.0 Å². The predicted octanol–water partition coefficient (Wildman–Crippen LogP) is 1.81. The zero-order chi connectivity index (χ0) is 12.4. The third-order valence-electron chi connectivity index (χ3n) is 4.34. The van der Waals surface area contributed by atoms with E-state index in [-0.39, 0.29) is 12.4 Å². The zero-order valence-electron chi connectivity index (χ0n) is 11.5.